The van der Waals surface area contributed by atoms with Gasteiger partial charge >= 0.3 is 5.97 Å². The van der Waals surface area contributed by atoms with Gasteiger partial charge in [0.25, 0.3) is 11.8 Å². The highest BCUT2D eigenvalue weighted by atomic mass is 35.5. The number of carbonyl (C=O) groups excluding carboxylic acids is 4. The summed E-state index contributed by atoms with van der Waals surface area (Å²) in [4.78, 5) is 60.9. The third-order valence-electron chi connectivity index (χ3n) is 9.41. The number of aliphatic carboxylic acids is 1. The molecule has 4 amide bonds. The number of anilines is 1. The number of hydrogen-bond acceptors (Lipinski definition) is 6. The fraction of sp³-hybridized carbons (Fsp3) is 0.367. The number of para-hydroxylation sites is 1. The highest BCUT2D eigenvalue weighted by Crippen LogP contribution is 2.66. The minimum absolute atomic E-state index is 0.0207. The fourth-order valence-electron chi connectivity index (χ4n) is 7.35. The lowest BCUT2D eigenvalue weighted by Gasteiger charge is -2.50. The van der Waals surface area contributed by atoms with Crippen molar-refractivity contribution in [2.45, 2.75) is 41.3 Å². The van der Waals surface area contributed by atoms with E-state index in [0.717, 1.165) is 23.1 Å². The zero-order valence-corrected chi connectivity index (χ0v) is 25.0. The second kappa shape index (κ2) is 11.0. The molecule has 6 rings (SSSR count). The fourth-order valence-corrected chi connectivity index (χ4v) is 8.28. The largest absolute Gasteiger partial charge is 0.505 e. The second-order valence-corrected chi connectivity index (χ2v) is 12.9. The van der Waals surface area contributed by atoms with Crippen LogP contribution in [-0.2, 0) is 24.0 Å². The van der Waals surface area contributed by atoms with Crippen LogP contribution >= 0.6 is 23.2 Å². The molecule has 0 aromatic heterocycles. The van der Waals surface area contributed by atoms with Crippen LogP contribution in [0.5, 0.6) is 5.75 Å². The maximum Gasteiger partial charge on any atom is 0.303 e. The summed E-state index contributed by atoms with van der Waals surface area (Å²) in [6, 6.07) is 3.02. The molecule has 2 N–H and O–H groups in total. The first-order valence-electron chi connectivity index (χ1n) is 14.0. The van der Waals surface area contributed by atoms with E-state index in [9.17, 15) is 46.6 Å². The van der Waals surface area contributed by atoms with Crippen molar-refractivity contribution < 1.29 is 60.5 Å². The summed E-state index contributed by atoms with van der Waals surface area (Å²) in [6.07, 6.45) is -0.0356. The Bertz CT molecular complexity index is 1830. The number of amides is 4. The molecule has 2 aromatic carbocycles. The normalized spacial score (nSPS) is 30.0. The number of likely N-dealkylation sites (tertiary alicyclic amines) is 1. The molecule has 248 valence electrons. The highest BCUT2D eigenvalue weighted by Gasteiger charge is 2.77. The Hall–Kier alpha value is -4.11. The first-order chi connectivity index (χ1) is 22.0. The van der Waals surface area contributed by atoms with Crippen LogP contribution in [0, 0.1) is 52.7 Å². The van der Waals surface area contributed by atoms with E-state index in [4.69, 9.17) is 28.3 Å². The lowest BCUT2D eigenvalue weighted by atomic mass is 9.56. The van der Waals surface area contributed by atoms with Crippen molar-refractivity contribution >= 4 is 58.5 Å². The van der Waals surface area contributed by atoms with E-state index in [0.29, 0.717) is 0 Å². The molecule has 2 heterocycles. The number of alkyl halides is 2. The van der Waals surface area contributed by atoms with E-state index in [1.54, 1.807) is 0 Å². The Balaban J connectivity index is 1.55. The van der Waals surface area contributed by atoms with Crippen molar-refractivity contribution in [1.29, 1.82) is 0 Å². The molecule has 2 aromatic rings. The predicted octanol–water partition coefficient (Wildman–Crippen LogP) is 4.66. The zero-order valence-electron chi connectivity index (χ0n) is 23.5. The third kappa shape index (κ3) is 4.27. The minimum Gasteiger partial charge on any atom is -0.505 e. The van der Waals surface area contributed by atoms with Gasteiger partial charge in [0, 0.05) is 24.4 Å². The number of hydrogen-bond donors (Lipinski definition) is 2. The summed E-state index contributed by atoms with van der Waals surface area (Å²) in [7, 11) is 0. The summed E-state index contributed by atoms with van der Waals surface area (Å²) in [5.74, 6) is -26.6. The van der Waals surface area contributed by atoms with Crippen molar-refractivity contribution in [2.75, 3.05) is 11.4 Å². The number of carboxylic acid groups (broad SMARTS) is 1. The van der Waals surface area contributed by atoms with Gasteiger partial charge in [-0.05, 0) is 31.2 Å². The molecular weight excluding hydrogens is 685 g/mol. The molecule has 17 heteroatoms. The van der Waals surface area contributed by atoms with Gasteiger partial charge in [0.15, 0.2) is 44.6 Å². The molecule has 0 spiro atoms. The monoisotopic (exact) mass is 704 g/mol. The molecule has 0 unspecified atom stereocenters. The molecule has 3 fully saturated rings. The van der Waals surface area contributed by atoms with Crippen LogP contribution in [0.1, 0.15) is 37.2 Å². The van der Waals surface area contributed by atoms with E-state index in [-0.39, 0.29) is 36.3 Å². The van der Waals surface area contributed by atoms with E-state index in [2.05, 4.69) is 0 Å². The number of allylic oxidation sites excluding steroid dienone is 2. The molecule has 2 aliphatic heterocycles. The average Bonchev–Trinajstić information content (AvgIpc) is 3.35. The average molecular weight is 705 g/mol. The van der Waals surface area contributed by atoms with Crippen LogP contribution < -0.4 is 4.90 Å². The van der Waals surface area contributed by atoms with Crippen molar-refractivity contribution in [3.63, 3.8) is 0 Å². The Morgan fingerprint density at radius 3 is 2.13 bits per heavy atom. The first-order valence-corrected chi connectivity index (χ1v) is 14.8. The van der Waals surface area contributed by atoms with E-state index >= 15 is 8.78 Å². The van der Waals surface area contributed by atoms with Gasteiger partial charge in [0.1, 0.15) is 5.69 Å². The van der Waals surface area contributed by atoms with Crippen LogP contribution in [0.4, 0.5) is 32.0 Å². The van der Waals surface area contributed by atoms with Gasteiger partial charge in [-0.1, -0.05) is 23.8 Å². The predicted molar refractivity (Wildman–Crippen MR) is 148 cm³/mol. The molecule has 47 heavy (non-hydrogen) atoms. The van der Waals surface area contributed by atoms with Crippen LogP contribution in [0.15, 0.2) is 29.8 Å². The summed E-state index contributed by atoms with van der Waals surface area (Å²) in [5, 5.41) is 19.8. The summed E-state index contributed by atoms with van der Waals surface area (Å²) >= 11 is 13.8. The number of rotatable bonds is 6. The lowest BCUT2D eigenvalue weighted by Crippen LogP contribution is -2.60. The van der Waals surface area contributed by atoms with Gasteiger partial charge < -0.3 is 10.2 Å². The van der Waals surface area contributed by atoms with E-state index in [1.165, 1.54) is 6.08 Å². The number of imide groups is 2. The maximum absolute atomic E-state index is 15.0. The molecule has 4 aliphatic rings. The number of benzene rings is 2. The quantitative estimate of drug-likeness (QED) is 0.112. The molecule has 0 radical (unpaired) electrons. The van der Waals surface area contributed by atoms with Crippen LogP contribution in [0.25, 0.3) is 0 Å². The standard InChI is InChI=1S/C30H20Cl2F6N2O7/c31-29-9-13-10(6-7-11-16(13)26(45)39(25(11)44)8-2-5-15(41)42)17(12-3-1-4-14(33)24(12)43)30(29,32)28(47)40(27(29)46)23-21(37)19(35)18(34)20(36)22(23)38/h1,3-4,6,11,13,16-17,43H,2,5,7-9H2,(H,41,42)/t11-,13+,16-,17+,29+,30-/m0/s1. The molecule has 2 aliphatic carbocycles. The van der Waals surface area contributed by atoms with Gasteiger partial charge in [-0.15, -0.1) is 23.2 Å². The number of carboxylic acids is 1. The minimum atomic E-state index is -2.92. The summed E-state index contributed by atoms with van der Waals surface area (Å²) in [6.45, 7) is -0.274. The Labute approximate surface area is 270 Å². The van der Waals surface area contributed by atoms with Crippen LogP contribution in [0.3, 0.4) is 0 Å². The van der Waals surface area contributed by atoms with Gasteiger partial charge in [-0.3, -0.25) is 28.9 Å². The van der Waals surface area contributed by atoms with Crippen LogP contribution in [-0.4, -0.2) is 61.0 Å². The Morgan fingerprint density at radius 1 is 0.894 bits per heavy atom. The smallest absolute Gasteiger partial charge is 0.303 e. The molecule has 2 saturated heterocycles. The number of fused-ring (bicyclic) bond motifs is 4. The Morgan fingerprint density at radius 2 is 1.51 bits per heavy atom. The zero-order chi connectivity index (χ0) is 34.5. The third-order valence-corrected chi connectivity index (χ3v) is 10.8. The number of nitrogens with zero attached hydrogens (tertiary/aromatic N) is 2. The topological polar surface area (TPSA) is 132 Å². The molecule has 9 nitrogen and oxygen atoms in total. The SMILES string of the molecule is O=C(O)CCCN1C(=O)[C@H]2[C@H](CC=C3[C@H]2C[C@@]2(Cl)C(=O)N(c4c(F)c(F)c(F)c(F)c4F)C(=O)[C@@]2(Cl)[C@H]3c2cccc(F)c2O)C1=O. The summed E-state index contributed by atoms with van der Waals surface area (Å²) < 4.78 is 87.3. The van der Waals surface area contributed by atoms with Crippen molar-refractivity contribution in [3.05, 3.63) is 70.3 Å². The van der Waals surface area contributed by atoms with E-state index in [1.807, 2.05) is 0 Å². The summed E-state index contributed by atoms with van der Waals surface area (Å²) in [5.41, 5.74) is -2.41. The Kier molecular flexibility index (Phi) is 7.66. The van der Waals surface area contributed by atoms with Crippen LogP contribution in [0.2, 0.25) is 0 Å². The lowest BCUT2D eigenvalue weighted by molar-refractivity contribution is -0.142. The van der Waals surface area contributed by atoms with E-state index < -0.39 is 121 Å². The number of carbonyl (C=O) groups is 5. The molecule has 6 atom stereocenters. The number of aromatic hydroxyl groups is 1. The van der Waals surface area contributed by atoms with Gasteiger partial charge in [-0.2, -0.15) is 0 Å². The molecule has 0 bridgehead atoms. The van der Waals surface area contributed by atoms with Crippen molar-refractivity contribution in [1.82, 2.24) is 4.90 Å². The van der Waals surface area contributed by atoms with Gasteiger partial charge in [0.2, 0.25) is 17.6 Å². The molecule has 1 saturated carbocycles. The van der Waals surface area contributed by atoms with Gasteiger partial charge in [-0.25, -0.2) is 31.2 Å². The number of phenols is 1. The second-order valence-electron chi connectivity index (χ2n) is 11.7. The molecular formula is C30H20Cl2F6N2O7. The van der Waals surface area contributed by atoms with Crippen molar-refractivity contribution in [2.24, 2.45) is 17.8 Å². The number of halogens is 8. The maximum atomic E-state index is 15.0. The van der Waals surface area contributed by atoms with Crippen molar-refractivity contribution in [3.8, 4) is 5.75 Å². The number of phenolic OH excluding ortho intramolecular Hbond substituents is 1. The first kappa shape index (κ1) is 32.8. The highest BCUT2D eigenvalue weighted by molar-refractivity contribution is 6.58. The van der Waals surface area contributed by atoms with Gasteiger partial charge in [0.05, 0.1) is 11.8 Å².